The molecule has 0 saturated heterocycles. The van der Waals surface area contributed by atoms with Crippen LogP contribution in [0.2, 0.25) is 5.02 Å². The van der Waals surface area contributed by atoms with Gasteiger partial charge >= 0.3 is 0 Å². The van der Waals surface area contributed by atoms with Crippen molar-refractivity contribution in [2.75, 3.05) is 0 Å². The Labute approximate surface area is 105 Å². The zero-order chi connectivity index (χ0) is 11.9. The maximum absolute atomic E-state index is 12.6. The van der Waals surface area contributed by atoms with Crippen LogP contribution in [0.15, 0.2) is 22.7 Å². The Morgan fingerprint density at radius 3 is 2.62 bits per heavy atom. The summed E-state index contributed by atoms with van der Waals surface area (Å²) in [6, 6.07) is 4.76. The largest absolute Gasteiger partial charge is 0.280 e. The zero-order valence-electron chi connectivity index (χ0n) is 8.27. The number of hydrogen-bond acceptors (Lipinski definition) is 1. The quantitative estimate of drug-likeness (QED) is 0.730. The van der Waals surface area contributed by atoms with Crippen LogP contribution in [0.25, 0.3) is 10.9 Å². The summed E-state index contributed by atoms with van der Waals surface area (Å²) in [5.74, 6) is 0. The Bertz CT molecular complexity index is 557. The molecule has 2 aromatic rings. The average molecular weight is 307 g/mol. The topological polar surface area (TPSA) is 12.9 Å². The minimum atomic E-state index is -2.56. The van der Waals surface area contributed by atoms with E-state index in [0.29, 0.717) is 15.0 Å². The first-order valence-corrected chi connectivity index (χ1v) is 5.70. The molecule has 0 bridgehead atoms. The molecule has 0 aliphatic rings. The fourth-order valence-corrected chi connectivity index (χ4v) is 2.02. The summed E-state index contributed by atoms with van der Waals surface area (Å²) in [7, 11) is 0. The summed E-state index contributed by atoms with van der Waals surface area (Å²) in [5.41, 5.74) is 1.06. The Morgan fingerprint density at radius 2 is 2.00 bits per heavy atom. The standard InChI is InChI=1S/C11H7BrClF2N/c1-5-2-10(11(14)15)16-9-4-7(12)8(13)3-6(5)9/h2-4,11H,1H3. The van der Waals surface area contributed by atoms with Gasteiger partial charge in [0.1, 0.15) is 5.69 Å². The van der Waals surface area contributed by atoms with Crippen molar-refractivity contribution in [1.29, 1.82) is 0 Å². The summed E-state index contributed by atoms with van der Waals surface area (Å²) in [4.78, 5) is 3.90. The van der Waals surface area contributed by atoms with Gasteiger partial charge in [0.25, 0.3) is 6.43 Å². The average Bonchev–Trinajstić information content (AvgIpc) is 2.20. The molecule has 1 aromatic heterocycles. The van der Waals surface area contributed by atoms with Gasteiger partial charge in [0.2, 0.25) is 0 Å². The van der Waals surface area contributed by atoms with Crippen molar-refractivity contribution >= 4 is 38.4 Å². The highest BCUT2D eigenvalue weighted by Gasteiger charge is 2.12. The van der Waals surface area contributed by atoms with Crippen LogP contribution in [0, 0.1) is 6.92 Å². The van der Waals surface area contributed by atoms with Gasteiger partial charge in [-0.15, -0.1) is 0 Å². The van der Waals surface area contributed by atoms with Crippen molar-refractivity contribution in [3.63, 3.8) is 0 Å². The predicted molar refractivity (Wildman–Crippen MR) is 64.1 cm³/mol. The molecular formula is C11H7BrClF2N. The van der Waals surface area contributed by atoms with Crippen molar-refractivity contribution in [3.8, 4) is 0 Å². The first-order valence-electron chi connectivity index (χ1n) is 4.53. The Balaban J connectivity index is 2.77. The molecule has 0 spiro atoms. The first-order chi connectivity index (χ1) is 7.49. The van der Waals surface area contributed by atoms with E-state index in [0.717, 1.165) is 10.9 Å². The van der Waals surface area contributed by atoms with Crippen LogP contribution in [0.3, 0.4) is 0 Å². The van der Waals surface area contributed by atoms with Crippen molar-refractivity contribution in [3.05, 3.63) is 39.0 Å². The van der Waals surface area contributed by atoms with Crippen LogP contribution < -0.4 is 0 Å². The molecular weight excluding hydrogens is 299 g/mol. The van der Waals surface area contributed by atoms with Crippen molar-refractivity contribution in [2.45, 2.75) is 13.3 Å². The summed E-state index contributed by atoms with van der Waals surface area (Å²) in [6.07, 6.45) is -2.56. The molecule has 1 heterocycles. The second-order valence-corrected chi connectivity index (χ2v) is 4.71. The summed E-state index contributed by atoms with van der Waals surface area (Å²) < 4.78 is 25.8. The molecule has 0 amide bonds. The maximum atomic E-state index is 12.6. The smallest absolute Gasteiger partial charge is 0.247 e. The molecule has 0 saturated carbocycles. The molecule has 0 atom stereocenters. The normalized spacial score (nSPS) is 11.4. The lowest BCUT2D eigenvalue weighted by Gasteiger charge is -2.07. The molecule has 0 N–H and O–H groups in total. The van der Waals surface area contributed by atoms with Crippen molar-refractivity contribution in [1.82, 2.24) is 4.98 Å². The third-order valence-electron chi connectivity index (χ3n) is 2.30. The zero-order valence-corrected chi connectivity index (χ0v) is 10.6. The number of halogens is 4. The highest BCUT2D eigenvalue weighted by Crippen LogP contribution is 2.30. The number of rotatable bonds is 1. The molecule has 0 aliphatic heterocycles. The van der Waals surface area contributed by atoms with Gasteiger partial charge in [0.15, 0.2) is 0 Å². The van der Waals surface area contributed by atoms with E-state index in [2.05, 4.69) is 20.9 Å². The van der Waals surface area contributed by atoms with Gasteiger partial charge in [-0.25, -0.2) is 13.8 Å². The summed E-state index contributed by atoms with van der Waals surface area (Å²) >= 11 is 9.18. The monoisotopic (exact) mass is 305 g/mol. The molecule has 1 aromatic carbocycles. The van der Waals surface area contributed by atoms with Gasteiger partial charge < -0.3 is 0 Å². The van der Waals surface area contributed by atoms with Crippen LogP contribution >= 0.6 is 27.5 Å². The number of benzene rings is 1. The maximum Gasteiger partial charge on any atom is 0.280 e. The molecule has 0 fully saturated rings. The van der Waals surface area contributed by atoms with Crippen LogP contribution in [0.4, 0.5) is 8.78 Å². The molecule has 16 heavy (non-hydrogen) atoms. The van der Waals surface area contributed by atoms with Crippen LogP contribution in [0.5, 0.6) is 0 Å². The number of alkyl halides is 2. The van der Waals surface area contributed by atoms with E-state index in [1.54, 1.807) is 19.1 Å². The van der Waals surface area contributed by atoms with Gasteiger partial charge in [-0.3, -0.25) is 0 Å². The molecule has 5 heteroatoms. The lowest BCUT2D eigenvalue weighted by Crippen LogP contribution is -1.93. The Hall–Kier alpha value is -0.740. The number of aromatic nitrogens is 1. The number of nitrogens with zero attached hydrogens (tertiary/aromatic N) is 1. The van der Waals surface area contributed by atoms with E-state index >= 15 is 0 Å². The Morgan fingerprint density at radius 1 is 1.31 bits per heavy atom. The van der Waals surface area contributed by atoms with Crippen LogP contribution in [0.1, 0.15) is 17.7 Å². The SMILES string of the molecule is Cc1cc(C(F)F)nc2cc(Br)c(Cl)cc12. The van der Waals surface area contributed by atoms with E-state index in [-0.39, 0.29) is 5.69 Å². The molecule has 0 radical (unpaired) electrons. The van der Waals surface area contributed by atoms with E-state index in [9.17, 15) is 8.78 Å². The van der Waals surface area contributed by atoms with E-state index in [4.69, 9.17) is 11.6 Å². The predicted octanol–water partition coefficient (Wildman–Crippen LogP) is 4.90. The van der Waals surface area contributed by atoms with Gasteiger partial charge in [0, 0.05) is 9.86 Å². The number of aryl methyl sites for hydroxylation is 1. The second-order valence-electron chi connectivity index (χ2n) is 3.45. The minimum Gasteiger partial charge on any atom is -0.247 e. The third-order valence-corrected chi connectivity index (χ3v) is 3.50. The summed E-state index contributed by atoms with van der Waals surface area (Å²) in [5, 5.41) is 1.33. The van der Waals surface area contributed by atoms with Crippen molar-refractivity contribution in [2.24, 2.45) is 0 Å². The molecule has 1 nitrogen and oxygen atoms in total. The van der Waals surface area contributed by atoms with Gasteiger partial charge in [0.05, 0.1) is 10.5 Å². The molecule has 0 aliphatic carbocycles. The fourth-order valence-electron chi connectivity index (χ4n) is 1.53. The van der Waals surface area contributed by atoms with E-state index in [1.165, 1.54) is 6.07 Å². The minimum absolute atomic E-state index is 0.209. The van der Waals surface area contributed by atoms with E-state index in [1.807, 2.05) is 0 Å². The van der Waals surface area contributed by atoms with Gasteiger partial charge in [-0.05, 0) is 46.6 Å². The Kier molecular flexibility index (Phi) is 3.13. The summed E-state index contributed by atoms with van der Waals surface area (Å²) in [6.45, 7) is 1.76. The lowest BCUT2D eigenvalue weighted by molar-refractivity contribution is 0.146. The van der Waals surface area contributed by atoms with Gasteiger partial charge in [-0.1, -0.05) is 11.6 Å². The molecule has 0 unspecified atom stereocenters. The number of pyridine rings is 1. The van der Waals surface area contributed by atoms with Crippen LogP contribution in [-0.2, 0) is 0 Å². The highest BCUT2D eigenvalue weighted by molar-refractivity contribution is 9.10. The van der Waals surface area contributed by atoms with Crippen molar-refractivity contribution < 1.29 is 8.78 Å². The first kappa shape index (κ1) is 11.7. The van der Waals surface area contributed by atoms with E-state index < -0.39 is 6.43 Å². The lowest BCUT2D eigenvalue weighted by atomic mass is 10.1. The van der Waals surface area contributed by atoms with Crippen LogP contribution in [-0.4, -0.2) is 4.98 Å². The molecule has 84 valence electrons. The third kappa shape index (κ3) is 2.04. The number of fused-ring (bicyclic) bond motifs is 1. The van der Waals surface area contributed by atoms with Gasteiger partial charge in [-0.2, -0.15) is 0 Å². The molecule has 2 rings (SSSR count). The highest BCUT2D eigenvalue weighted by atomic mass is 79.9. The number of hydrogen-bond donors (Lipinski definition) is 0. The second kappa shape index (κ2) is 4.26. The fraction of sp³-hybridized carbons (Fsp3) is 0.182.